The summed E-state index contributed by atoms with van der Waals surface area (Å²) in [5.41, 5.74) is 9.99. The minimum atomic E-state index is -0.0423. The topological polar surface area (TPSA) is 84.7 Å². The predicted molar refractivity (Wildman–Crippen MR) is 34.5 cm³/mol. The minimum absolute atomic E-state index is 0.0423. The highest BCUT2D eigenvalue weighted by Gasteiger charge is 1.88. The number of guanidine groups is 1. The number of carbonyl (C=O) groups is 1. The lowest BCUT2D eigenvalue weighted by molar-refractivity contribution is -0.108. The molecule has 0 bridgehead atoms. The molecule has 0 aliphatic heterocycles. The quantitative estimate of drug-likeness (QED) is 0.206. The Morgan fingerprint density at radius 3 is 2.67 bits per heavy atom. The SMILES string of the molecule is CN(CC=O)N=C(N)N. The average Bonchev–Trinajstić information content (AvgIpc) is 1.63. The maximum Gasteiger partial charge on any atom is 0.208 e. The van der Waals surface area contributed by atoms with E-state index in [0.717, 1.165) is 0 Å². The predicted octanol–water partition coefficient (Wildman–Crippen LogP) is -1.69. The molecule has 0 saturated carbocycles. The second kappa shape index (κ2) is 3.71. The summed E-state index contributed by atoms with van der Waals surface area (Å²) in [7, 11) is 1.61. The zero-order valence-electron chi connectivity index (χ0n) is 5.24. The van der Waals surface area contributed by atoms with Crippen molar-refractivity contribution in [2.75, 3.05) is 13.6 Å². The maximum absolute atomic E-state index is 9.80. The Balaban J connectivity index is 3.61. The van der Waals surface area contributed by atoms with Crippen LogP contribution in [0.2, 0.25) is 0 Å². The van der Waals surface area contributed by atoms with Crippen LogP contribution in [0.4, 0.5) is 0 Å². The van der Waals surface area contributed by atoms with Crippen molar-refractivity contribution in [2.45, 2.75) is 0 Å². The molecule has 0 aliphatic rings. The van der Waals surface area contributed by atoms with Crippen molar-refractivity contribution >= 4 is 12.2 Å². The van der Waals surface area contributed by atoms with Crippen molar-refractivity contribution in [3.05, 3.63) is 0 Å². The van der Waals surface area contributed by atoms with Crippen LogP contribution < -0.4 is 11.5 Å². The molecule has 4 N–H and O–H groups in total. The fraction of sp³-hybridized carbons (Fsp3) is 0.500. The summed E-state index contributed by atoms with van der Waals surface area (Å²) in [5, 5.41) is 4.89. The van der Waals surface area contributed by atoms with E-state index in [4.69, 9.17) is 11.5 Å². The molecule has 9 heavy (non-hydrogen) atoms. The molecule has 0 spiro atoms. The van der Waals surface area contributed by atoms with Crippen LogP contribution in [0.25, 0.3) is 0 Å². The highest BCUT2D eigenvalue weighted by atomic mass is 16.1. The average molecular weight is 130 g/mol. The number of hydrogen-bond donors (Lipinski definition) is 2. The standard InChI is InChI=1S/C4H10N4O/c1-8(2-3-9)7-4(5)6/h3H,2H2,1H3,(H4,5,6,7). The molecular weight excluding hydrogens is 120 g/mol. The summed E-state index contributed by atoms with van der Waals surface area (Å²) in [6.07, 6.45) is 0.715. The Labute approximate surface area is 53.3 Å². The molecule has 0 aromatic rings. The van der Waals surface area contributed by atoms with E-state index in [9.17, 15) is 4.79 Å². The largest absolute Gasteiger partial charge is 0.369 e. The van der Waals surface area contributed by atoms with Gasteiger partial charge in [-0.2, -0.15) is 0 Å². The van der Waals surface area contributed by atoms with Gasteiger partial charge in [-0.15, -0.1) is 5.10 Å². The van der Waals surface area contributed by atoms with E-state index in [-0.39, 0.29) is 12.5 Å². The van der Waals surface area contributed by atoms with Crippen LogP contribution in [0.1, 0.15) is 0 Å². The molecule has 5 nitrogen and oxygen atoms in total. The van der Waals surface area contributed by atoms with Crippen molar-refractivity contribution in [2.24, 2.45) is 16.6 Å². The van der Waals surface area contributed by atoms with Crippen LogP contribution >= 0.6 is 0 Å². The van der Waals surface area contributed by atoms with Gasteiger partial charge in [0.15, 0.2) is 0 Å². The van der Waals surface area contributed by atoms with E-state index in [0.29, 0.717) is 6.29 Å². The number of aldehydes is 1. The molecular formula is C4H10N4O. The monoisotopic (exact) mass is 130 g/mol. The van der Waals surface area contributed by atoms with Crippen molar-refractivity contribution in [1.29, 1.82) is 0 Å². The fourth-order valence-electron chi connectivity index (χ4n) is 0.346. The van der Waals surface area contributed by atoms with Crippen molar-refractivity contribution in [1.82, 2.24) is 5.01 Å². The van der Waals surface area contributed by atoms with Gasteiger partial charge >= 0.3 is 0 Å². The molecule has 5 heteroatoms. The Morgan fingerprint density at radius 1 is 1.78 bits per heavy atom. The second-order valence-electron chi connectivity index (χ2n) is 1.53. The van der Waals surface area contributed by atoms with Crippen LogP contribution in [0.3, 0.4) is 0 Å². The summed E-state index contributed by atoms with van der Waals surface area (Å²) in [6.45, 7) is 0.206. The highest BCUT2D eigenvalue weighted by Crippen LogP contribution is 1.76. The molecule has 0 unspecified atom stereocenters. The molecule has 0 aromatic heterocycles. The number of hydrazone groups is 1. The van der Waals surface area contributed by atoms with Gasteiger partial charge in [-0.3, -0.25) is 5.01 Å². The van der Waals surface area contributed by atoms with Crippen molar-refractivity contribution in [3.8, 4) is 0 Å². The normalized spacial score (nSPS) is 8.11. The van der Waals surface area contributed by atoms with Crippen LogP contribution in [-0.4, -0.2) is 30.8 Å². The molecule has 0 aliphatic carbocycles. The summed E-state index contributed by atoms with van der Waals surface area (Å²) >= 11 is 0. The van der Waals surface area contributed by atoms with E-state index >= 15 is 0 Å². The third kappa shape index (κ3) is 4.60. The van der Waals surface area contributed by atoms with E-state index < -0.39 is 0 Å². The van der Waals surface area contributed by atoms with Gasteiger partial charge in [-0.1, -0.05) is 0 Å². The maximum atomic E-state index is 9.80. The van der Waals surface area contributed by atoms with Gasteiger partial charge in [-0.05, 0) is 0 Å². The first kappa shape index (κ1) is 7.74. The van der Waals surface area contributed by atoms with Crippen LogP contribution in [0.15, 0.2) is 5.10 Å². The van der Waals surface area contributed by atoms with Gasteiger partial charge in [0, 0.05) is 7.05 Å². The molecule has 0 radical (unpaired) electrons. The van der Waals surface area contributed by atoms with Gasteiger partial charge in [0.25, 0.3) is 0 Å². The Morgan fingerprint density at radius 2 is 2.33 bits per heavy atom. The first-order valence-corrected chi connectivity index (χ1v) is 2.41. The molecule has 0 rings (SSSR count). The first-order valence-electron chi connectivity index (χ1n) is 2.41. The smallest absolute Gasteiger partial charge is 0.208 e. The molecule has 52 valence electrons. The van der Waals surface area contributed by atoms with Gasteiger partial charge in [-0.25, -0.2) is 0 Å². The lowest BCUT2D eigenvalue weighted by Crippen LogP contribution is -2.28. The molecule has 0 atom stereocenters. The van der Waals surface area contributed by atoms with Gasteiger partial charge in [0.1, 0.15) is 6.29 Å². The lowest BCUT2D eigenvalue weighted by Gasteiger charge is -2.06. The van der Waals surface area contributed by atoms with Gasteiger partial charge in [0.2, 0.25) is 5.96 Å². The summed E-state index contributed by atoms with van der Waals surface area (Å²) < 4.78 is 0. The lowest BCUT2D eigenvalue weighted by atomic mass is 10.7. The second-order valence-corrected chi connectivity index (χ2v) is 1.53. The zero-order valence-corrected chi connectivity index (χ0v) is 5.24. The Kier molecular flexibility index (Phi) is 3.19. The van der Waals surface area contributed by atoms with Gasteiger partial charge in [0.05, 0.1) is 6.54 Å². The Bertz CT molecular complexity index is 118. The number of nitrogens with two attached hydrogens (primary N) is 2. The number of carbonyl (C=O) groups excluding carboxylic acids is 1. The summed E-state index contributed by atoms with van der Waals surface area (Å²) in [5.74, 6) is -0.0423. The fourth-order valence-corrected chi connectivity index (χ4v) is 0.346. The van der Waals surface area contributed by atoms with Crippen molar-refractivity contribution in [3.63, 3.8) is 0 Å². The van der Waals surface area contributed by atoms with Crippen LogP contribution in [-0.2, 0) is 4.79 Å². The number of hydrogen-bond acceptors (Lipinski definition) is 3. The van der Waals surface area contributed by atoms with E-state index in [1.54, 1.807) is 7.05 Å². The van der Waals surface area contributed by atoms with Crippen LogP contribution in [0.5, 0.6) is 0 Å². The minimum Gasteiger partial charge on any atom is -0.369 e. The number of nitrogens with zero attached hydrogens (tertiary/aromatic N) is 2. The number of likely N-dealkylation sites (N-methyl/N-ethyl adjacent to an activating group) is 1. The zero-order chi connectivity index (χ0) is 7.28. The third-order valence-corrected chi connectivity index (χ3v) is 0.625. The van der Waals surface area contributed by atoms with Gasteiger partial charge < -0.3 is 16.3 Å². The molecule has 0 saturated heterocycles. The molecule has 0 amide bonds. The Hall–Kier alpha value is -1.26. The van der Waals surface area contributed by atoms with Crippen molar-refractivity contribution < 1.29 is 4.79 Å². The first-order chi connectivity index (χ1) is 4.16. The third-order valence-electron chi connectivity index (χ3n) is 0.625. The summed E-state index contributed by atoms with van der Waals surface area (Å²) in [4.78, 5) is 9.80. The molecule has 0 aromatic carbocycles. The van der Waals surface area contributed by atoms with E-state index in [1.807, 2.05) is 0 Å². The molecule has 0 fully saturated rings. The molecule has 0 heterocycles. The highest BCUT2D eigenvalue weighted by molar-refractivity contribution is 5.75. The number of rotatable bonds is 3. The van der Waals surface area contributed by atoms with E-state index in [2.05, 4.69) is 5.10 Å². The van der Waals surface area contributed by atoms with Crippen LogP contribution in [0, 0.1) is 0 Å². The van der Waals surface area contributed by atoms with E-state index in [1.165, 1.54) is 5.01 Å². The summed E-state index contributed by atoms with van der Waals surface area (Å²) in [6, 6.07) is 0.